The van der Waals surface area contributed by atoms with Gasteiger partial charge in [0.15, 0.2) is 0 Å². The second-order valence-corrected chi connectivity index (χ2v) is 6.45. The highest BCUT2D eigenvalue weighted by molar-refractivity contribution is 5.92. The fourth-order valence-electron chi connectivity index (χ4n) is 3.68. The molecule has 0 fully saturated rings. The summed E-state index contributed by atoms with van der Waals surface area (Å²) in [6.45, 7) is 0. The number of H-pyrrole nitrogens is 1. The summed E-state index contributed by atoms with van der Waals surface area (Å²) in [6.07, 6.45) is 0. The zero-order valence-electron chi connectivity index (χ0n) is 14.6. The molecule has 3 nitrogen and oxygen atoms in total. The van der Waals surface area contributed by atoms with E-state index in [1.165, 1.54) is 0 Å². The highest BCUT2D eigenvalue weighted by Gasteiger charge is 2.30. The number of fused-ring (bicyclic) bond motifs is 1. The molecule has 0 aliphatic rings. The Morgan fingerprint density at radius 1 is 0.704 bits per heavy atom. The number of para-hydroxylation sites is 1. The normalized spacial score (nSPS) is 11.8. The largest absolute Gasteiger partial charge is 0.354 e. The van der Waals surface area contributed by atoms with E-state index in [0.717, 1.165) is 33.3 Å². The predicted molar refractivity (Wildman–Crippen MR) is 107 cm³/mol. The van der Waals surface area contributed by atoms with Crippen molar-refractivity contribution in [2.24, 2.45) is 5.92 Å². The van der Waals surface area contributed by atoms with Crippen LogP contribution in [0.2, 0.25) is 0 Å². The molecular formula is C24H17N3. The van der Waals surface area contributed by atoms with Crippen molar-refractivity contribution in [3.05, 3.63) is 96.1 Å². The van der Waals surface area contributed by atoms with Crippen molar-refractivity contribution >= 4 is 10.9 Å². The van der Waals surface area contributed by atoms with Crippen LogP contribution in [0.25, 0.3) is 22.2 Å². The molecule has 128 valence electrons. The third kappa shape index (κ3) is 2.97. The van der Waals surface area contributed by atoms with Gasteiger partial charge in [0.2, 0.25) is 0 Å². The van der Waals surface area contributed by atoms with E-state index < -0.39 is 5.92 Å². The fourth-order valence-corrected chi connectivity index (χ4v) is 3.68. The van der Waals surface area contributed by atoms with Crippen molar-refractivity contribution in [2.75, 3.05) is 0 Å². The molecule has 0 saturated heterocycles. The van der Waals surface area contributed by atoms with Crippen LogP contribution in [0.1, 0.15) is 17.0 Å². The van der Waals surface area contributed by atoms with Gasteiger partial charge < -0.3 is 4.98 Å². The van der Waals surface area contributed by atoms with Gasteiger partial charge in [0.25, 0.3) is 0 Å². The van der Waals surface area contributed by atoms with Crippen molar-refractivity contribution in [1.29, 1.82) is 10.5 Å². The Morgan fingerprint density at radius 2 is 1.30 bits per heavy atom. The van der Waals surface area contributed by atoms with Crippen LogP contribution in [-0.4, -0.2) is 4.98 Å². The second kappa shape index (κ2) is 7.20. The molecule has 0 aliphatic heterocycles. The summed E-state index contributed by atoms with van der Waals surface area (Å²) >= 11 is 0. The number of nitriles is 2. The molecule has 1 unspecified atom stereocenters. The van der Waals surface area contributed by atoms with Gasteiger partial charge in [0.05, 0.1) is 17.8 Å². The number of nitrogens with one attached hydrogen (secondary N) is 1. The monoisotopic (exact) mass is 347 g/mol. The van der Waals surface area contributed by atoms with Crippen LogP contribution in [0, 0.1) is 28.6 Å². The Bertz CT molecular complexity index is 1130. The molecule has 0 amide bonds. The first-order valence-corrected chi connectivity index (χ1v) is 8.83. The summed E-state index contributed by atoms with van der Waals surface area (Å²) in [5, 5.41) is 20.5. The molecule has 0 bridgehead atoms. The van der Waals surface area contributed by atoms with Gasteiger partial charge >= 0.3 is 0 Å². The topological polar surface area (TPSA) is 63.4 Å². The van der Waals surface area contributed by atoms with Crippen molar-refractivity contribution < 1.29 is 0 Å². The van der Waals surface area contributed by atoms with E-state index in [1.807, 2.05) is 78.9 Å². The molecule has 4 aromatic rings. The average molecular weight is 347 g/mol. The number of rotatable bonds is 4. The molecule has 0 spiro atoms. The second-order valence-electron chi connectivity index (χ2n) is 6.45. The molecule has 1 N–H and O–H groups in total. The van der Waals surface area contributed by atoms with Gasteiger partial charge in [-0.2, -0.15) is 10.5 Å². The van der Waals surface area contributed by atoms with Gasteiger partial charge in [0.1, 0.15) is 5.92 Å². The smallest absolute Gasteiger partial charge is 0.144 e. The maximum absolute atomic E-state index is 9.71. The fraction of sp³-hybridized carbons (Fsp3) is 0.0833. The van der Waals surface area contributed by atoms with Gasteiger partial charge in [-0.05, 0) is 22.8 Å². The summed E-state index contributed by atoms with van der Waals surface area (Å²) in [7, 11) is 0. The zero-order valence-corrected chi connectivity index (χ0v) is 14.6. The van der Waals surface area contributed by atoms with Crippen LogP contribution in [0.3, 0.4) is 0 Å². The first-order chi connectivity index (χ1) is 13.3. The number of benzene rings is 3. The maximum atomic E-state index is 9.71. The van der Waals surface area contributed by atoms with Gasteiger partial charge in [-0.1, -0.05) is 78.9 Å². The molecule has 1 heterocycles. The van der Waals surface area contributed by atoms with Crippen LogP contribution in [-0.2, 0) is 0 Å². The van der Waals surface area contributed by atoms with E-state index >= 15 is 0 Å². The number of aromatic amines is 1. The average Bonchev–Trinajstić information content (AvgIpc) is 3.12. The highest BCUT2D eigenvalue weighted by Crippen LogP contribution is 2.42. The zero-order chi connectivity index (χ0) is 18.6. The Balaban J connectivity index is 2.06. The lowest BCUT2D eigenvalue weighted by Gasteiger charge is -2.20. The molecule has 0 saturated carbocycles. The third-order valence-corrected chi connectivity index (χ3v) is 4.89. The van der Waals surface area contributed by atoms with Crippen LogP contribution in [0.4, 0.5) is 0 Å². The van der Waals surface area contributed by atoms with Crippen LogP contribution >= 0.6 is 0 Å². The lowest BCUT2D eigenvalue weighted by atomic mass is 9.80. The van der Waals surface area contributed by atoms with Crippen LogP contribution in [0.5, 0.6) is 0 Å². The minimum atomic E-state index is -0.783. The first kappa shape index (κ1) is 16.6. The first-order valence-electron chi connectivity index (χ1n) is 8.83. The van der Waals surface area contributed by atoms with Crippen molar-refractivity contribution in [1.82, 2.24) is 4.98 Å². The molecule has 1 atom stereocenters. The molecular weight excluding hydrogens is 330 g/mol. The lowest BCUT2D eigenvalue weighted by molar-refractivity contribution is 0.716. The number of nitrogens with zero attached hydrogens (tertiary/aromatic N) is 2. The molecule has 27 heavy (non-hydrogen) atoms. The summed E-state index contributed by atoms with van der Waals surface area (Å²) < 4.78 is 0. The van der Waals surface area contributed by atoms with E-state index in [4.69, 9.17) is 0 Å². The van der Waals surface area contributed by atoms with Gasteiger partial charge in [-0.3, -0.25) is 0 Å². The molecule has 1 aromatic heterocycles. The molecule has 3 heteroatoms. The van der Waals surface area contributed by atoms with Crippen molar-refractivity contribution in [2.45, 2.75) is 5.92 Å². The van der Waals surface area contributed by atoms with E-state index in [2.05, 4.69) is 23.2 Å². The van der Waals surface area contributed by atoms with Gasteiger partial charge in [-0.25, -0.2) is 0 Å². The summed E-state index contributed by atoms with van der Waals surface area (Å²) in [5.41, 5.74) is 4.96. The highest BCUT2D eigenvalue weighted by atomic mass is 14.7. The Morgan fingerprint density at radius 3 is 1.96 bits per heavy atom. The molecule has 0 aliphatic carbocycles. The quantitative estimate of drug-likeness (QED) is 0.520. The van der Waals surface area contributed by atoms with E-state index in [0.29, 0.717) is 0 Å². The van der Waals surface area contributed by atoms with E-state index in [9.17, 15) is 10.5 Å². The Kier molecular flexibility index (Phi) is 4.44. The predicted octanol–water partition coefficient (Wildman–Crippen LogP) is 5.63. The number of aromatic nitrogens is 1. The van der Waals surface area contributed by atoms with Gasteiger partial charge in [-0.15, -0.1) is 0 Å². The van der Waals surface area contributed by atoms with Crippen LogP contribution in [0.15, 0.2) is 84.9 Å². The molecule has 0 radical (unpaired) electrons. The van der Waals surface area contributed by atoms with Crippen molar-refractivity contribution in [3.8, 4) is 23.4 Å². The Hall–Kier alpha value is -3.82. The minimum absolute atomic E-state index is 0.340. The van der Waals surface area contributed by atoms with Gasteiger partial charge in [0, 0.05) is 16.8 Å². The minimum Gasteiger partial charge on any atom is -0.354 e. The Labute approximate surface area is 158 Å². The summed E-state index contributed by atoms with van der Waals surface area (Å²) in [4.78, 5) is 3.51. The lowest BCUT2D eigenvalue weighted by Crippen LogP contribution is -2.12. The van der Waals surface area contributed by atoms with E-state index in [-0.39, 0.29) is 5.92 Å². The van der Waals surface area contributed by atoms with E-state index in [1.54, 1.807) is 0 Å². The number of hydrogen-bond acceptors (Lipinski definition) is 2. The summed E-state index contributed by atoms with van der Waals surface area (Å²) in [6, 6.07) is 32.4. The van der Waals surface area contributed by atoms with Crippen molar-refractivity contribution in [3.63, 3.8) is 0 Å². The third-order valence-electron chi connectivity index (χ3n) is 4.89. The summed E-state index contributed by atoms with van der Waals surface area (Å²) in [5.74, 6) is -1.12. The van der Waals surface area contributed by atoms with Crippen LogP contribution < -0.4 is 0 Å². The maximum Gasteiger partial charge on any atom is 0.144 e. The number of hydrogen-bond donors (Lipinski definition) is 1. The molecule has 4 rings (SSSR count). The SMILES string of the molecule is N#CC(C#N)C(c1ccccc1)c1c(-c2ccccc2)[nH]c2ccccc12. The standard InChI is InChI=1S/C24H17N3/c25-15-19(16-26)22(17-9-3-1-4-10-17)23-20-13-7-8-14-21(20)27-24(23)18-11-5-2-6-12-18/h1-14,19,22,27H. The molecule has 3 aromatic carbocycles.